The number of nitrogens with one attached hydrogen (secondary N) is 1. The second-order valence-electron chi connectivity index (χ2n) is 5.95. The number of rotatable bonds is 6. The molecule has 0 spiro atoms. The van der Waals surface area contributed by atoms with Crippen LogP contribution in [0.15, 0.2) is 11.0 Å². The first-order chi connectivity index (χ1) is 9.76. The van der Waals surface area contributed by atoms with Crippen LogP contribution in [0, 0.1) is 25.6 Å². The number of aryl methyl sites for hydroxylation is 1. The van der Waals surface area contributed by atoms with Crippen LogP contribution in [-0.4, -0.2) is 14.5 Å². The average Bonchev–Trinajstić information content (AvgIpc) is 3.18. The Kier molecular flexibility index (Phi) is 4.58. The van der Waals surface area contributed by atoms with E-state index in [-0.39, 0.29) is 22.2 Å². The second-order valence-corrected chi connectivity index (χ2v) is 7.60. The highest BCUT2D eigenvalue weighted by Gasteiger charge is 2.29. The molecular weight excluding hydrogens is 291 g/mol. The molecule has 1 saturated carbocycles. The molecule has 1 unspecified atom stereocenters. The molecule has 0 aromatic heterocycles. The summed E-state index contributed by atoms with van der Waals surface area (Å²) in [5, 5.41) is 0. The minimum absolute atomic E-state index is 0.0763. The Morgan fingerprint density at radius 2 is 2.05 bits per heavy atom. The molecule has 1 atom stereocenters. The maximum atomic E-state index is 13.6. The fourth-order valence-electron chi connectivity index (χ4n) is 2.68. The number of hydrogen-bond acceptors (Lipinski definition) is 3. The molecule has 1 aliphatic carbocycles. The zero-order valence-electron chi connectivity index (χ0n) is 12.7. The van der Waals surface area contributed by atoms with E-state index in [2.05, 4.69) is 4.72 Å². The Hall–Kier alpha value is -1.14. The molecule has 1 aromatic rings. The van der Waals surface area contributed by atoms with E-state index in [1.807, 2.05) is 6.92 Å². The Labute approximate surface area is 126 Å². The highest BCUT2D eigenvalue weighted by atomic mass is 32.2. The molecule has 118 valence electrons. The van der Waals surface area contributed by atoms with Crippen molar-refractivity contribution in [1.82, 2.24) is 4.72 Å². The van der Waals surface area contributed by atoms with Crippen molar-refractivity contribution in [3.05, 3.63) is 23.0 Å². The summed E-state index contributed by atoms with van der Waals surface area (Å²) in [6.07, 6.45) is 3.97. The first-order valence-corrected chi connectivity index (χ1v) is 8.82. The summed E-state index contributed by atoms with van der Waals surface area (Å²) < 4.78 is 41.6. The Morgan fingerprint density at radius 1 is 1.43 bits per heavy atom. The fourth-order valence-corrected chi connectivity index (χ4v) is 4.49. The van der Waals surface area contributed by atoms with Crippen molar-refractivity contribution in [3.63, 3.8) is 0 Å². The zero-order chi connectivity index (χ0) is 15.8. The van der Waals surface area contributed by atoms with Gasteiger partial charge in [-0.05, 0) is 49.8 Å². The zero-order valence-corrected chi connectivity index (χ0v) is 13.6. The highest BCUT2D eigenvalue weighted by molar-refractivity contribution is 7.89. The van der Waals surface area contributed by atoms with Gasteiger partial charge in [-0.15, -0.1) is 0 Å². The molecule has 0 amide bonds. The van der Waals surface area contributed by atoms with E-state index in [0.717, 1.165) is 12.8 Å². The summed E-state index contributed by atoms with van der Waals surface area (Å²) in [4.78, 5) is 0.107. The van der Waals surface area contributed by atoms with Crippen LogP contribution in [0.25, 0.3) is 0 Å². The third-order valence-electron chi connectivity index (χ3n) is 4.10. The second kappa shape index (κ2) is 5.93. The van der Waals surface area contributed by atoms with Gasteiger partial charge in [0.2, 0.25) is 10.0 Å². The maximum absolute atomic E-state index is 13.6. The lowest BCUT2D eigenvalue weighted by Crippen LogP contribution is -2.35. The molecule has 0 radical (unpaired) electrons. The van der Waals surface area contributed by atoms with Gasteiger partial charge in [-0.2, -0.15) is 0 Å². The van der Waals surface area contributed by atoms with Gasteiger partial charge in [-0.3, -0.25) is 0 Å². The molecule has 0 saturated heterocycles. The molecule has 2 rings (SSSR count). The summed E-state index contributed by atoms with van der Waals surface area (Å²) in [7, 11) is -3.69. The van der Waals surface area contributed by atoms with Gasteiger partial charge in [0, 0.05) is 6.04 Å². The van der Waals surface area contributed by atoms with Crippen molar-refractivity contribution in [2.45, 2.75) is 57.4 Å². The van der Waals surface area contributed by atoms with E-state index >= 15 is 0 Å². The van der Waals surface area contributed by atoms with Gasteiger partial charge in [0.15, 0.2) is 0 Å². The Balaban J connectivity index is 2.32. The van der Waals surface area contributed by atoms with E-state index in [1.165, 1.54) is 18.9 Å². The normalized spacial score (nSPS) is 17.0. The summed E-state index contributed by atoms with van der Waals surface area (Å²) in [5.41, 5.74) is 6.20. The lowest BCUT2D eigenvalue weighted by Gasteiger charge is -2.20. The van der Waals surface area contributed by atoms with Gasteiger partial charge in [-0.1, -0.05) is 19.8 Å². The molecule has 0 heterocycles. The van der Waals surface area contributed by atoms with E-state index in [9.17, 15) is 12.8 Å². The van der Waals surface area contributed by atoms with Crippen LogP contribution in [0.4, 0.5) is 10.1 Å². The number of hydrogen-bond donors (Lipinski definition) is 2. The lowest BCUT2D eigenvalue weighted by molar-refractivity contribution is 0.494. The highest BCUT2D eigenvalue weighted by Crippen LogP contribution is 2.35. The topological polar surface area (TPSA) is 72.2 Å². The van der Waals surface area contributed by atoms with Gasteiger partial charge in [0.05, 0.1) is 10.6 Å². The maximum Gasteiger partial charge on any atom is 0.241 e. The number of nitrogen functional groups attached to an aromatic ring is 1. The molecule has 6 heteroatoms. The van der Waals surface area contributed by atoms with Crippen molar-refractivity contribution in [2.75, 3.05) is 5.73 Å². The van der Waals surface area contributed by atoms with Crippen LogP contribution in [0.1, 0.15) is 43.7 Å². The molecule has 3 N–H and O–H groups in total. The first kappa shape index (κ1) is 16.2. The number of nitrogens with two attached hydrogens (primary N) is 1. The van der Waals surface area contributed by atoms with Crippen LogP contribution in [0.3, 0.4) is 0 Å². The third-order valence-corrected chi connectivity index (χ3v) is 5.91. The smallest absolute Gasteiger partial charge is 0.241 e. The molecule has 0 bridgehead atoms. The number of anilines is 1. The van der Waals surface area contributed by atoms with Crippen molar-refractivity contribution in [3.8, 4) is 0 Å². The van der Waals surface area contributed by atoms with Crippen LogP contribution in [0.2, 0.25) is 0 Å². The summed E-state index contributed by atoms with van der Waals surface area (Å²) in [5.74, 6) is 0.0621. The standard InChI is InChI=1S/C15H23FN2O2S/c1-4-12(8-11-5-6-11)18-21(19,20)15-9(2)7-13(16)14(17)10(15)3/h7,11-12,18H,4-6,8,17H2,1-3H3. The Bertz CT molecular complexity index is 640. The van der Waals surface area contributed by atoms with Crippen LogP contribution in [0.5, 0.6) is 0 Å². The Morgan fingerprint density at radius 3 is 2.57 bits per heavy atom. The average molecular weight is 314 g/mol. The van der Waals surface area contributed by atoms with Crippen molar-refractivity contribution < 1.29 is 12.8 Å². The minimum Gasteiger partial charge on any atom is -0.396 e. The third kappa shape index (κ3) is 3.55. The quantitative estimate of drug-likeness (QED) is 0.793. The summed E-state index contributed by atoms with van der Waals surface area (Å²) in [6, 6.07) is 1.10. The molecule has 1 fully saturated rings. The predicted octanol–water partition coefficient (Wildman–Crippen LogP) is 2.88. The first-order valence-electron chi connectivity index (χ1n) is 7.33. The van der Waals surface area contributed by atoms with E-state index in [4.69, 9.17) is 5.73 Å². The van der Waals surface area contributed by atoms with Crippen molar-refractivity contribution in [2.24, 2.45) is 5.92 Å². The van der Waals surface area contributed by atoms with Crippen molar-refractivity contribution >= 4 is 15.7 Å². The van der Waals surface area contributed by atoms with Crippen LogP contribution in [-0.2, 0) is 10.0 Å². The van der Waals surface area contributed by atoms with E-state index < -0.39 is 15.8 Å². The van der Waals surface area contributed by atoms with Crippen molar-refractivity contribution in [1.29, 1.82) is 0 Å². The molecule has 0 aliphatic heterocycles. The molecule has 4 nitrogen and oxygen atoms in total. The molecule has 1 aromatic carbocycles. The van der Waals surface area contributed by atoms with Crippen LogP contribution >= 0.6 is 0 Å². The van der Waals surface area contributed by atoms with E-state index in [0.29, 0.717) is 11.5 Å². The number of sulfonamides is 1. The van der Waals surface area contributed by atoms with Gasteiger partial charge < -0.3 is 5.73 Å². The molecular formula is C15H23FN2O2S. The van der Waals surface area contributed by atoms with Gasteiger partial charge in [0.25, 0.3) is 0 Å². The number of halogens is 1. The summed E-state index contributed by atoms with van der Waals surface area (Å²) >= 11 is 0. The van der Waals surface area contributed by atoms with Gasteiger partial charge in [-0.25, -0.2) is 17.5 Å². The largest absolute Gasteiger partial charge is 0.396 e. The monoisotopic (exact) mass is 314 g/mol. The van der Waals surface area contributed by atoms with Crippen LogP contribution < -0.4 is 10.5 Å². The lowest BCUT2D eigenvalue weighted by atomic mass is 10.1. The molecule has 21 heavy (non-hydrogen) atoms. The molecule has 1 aliphatic rings. The van der Waals surface area contributed by atoms with Gasteiger partial charge >= 0.3 is 0 Å². The van der Waals surface area contributed by atoms with Gasteiger partial charge in [0.1, 0.15) is 5.82 Å². The number of benzene rings is 1. The minimum atomic E-state index is -3.69. The van der Waals surface area contributed by atoms with E-state index in [1.54, 1.807) is 13.8 Å². The predicted molar refractivity (Wildman–Crippen MR) is 82.0 cm³/mol. The summed E-state index contributed by atoms with van der Waals surface area (Å²) in [6.45, 7) is 5.10. The SMILES string of the molecule is CCC(CC1CC1)NS(=O)(=O)c1c(C)cc(F)c(N)c1C. The fraction of sp³-hybridized carbons (Fsp3) is 0.600.